The maximum atomic E-state index is 15.7. The predicted molar refractivity (Wildman–Crippen MR) is 137 cm³/mol. The molecule has 1 amide bonds. The van der Waals surface area contributed by atoms with Gasteiger partial charge in [0.2, 0.25) is 10.0 Å². The van der Waals surface area contributed by atoms with Gasteiger partial charge in [-0.1, -0.05) is 55.8 Å². The van der Waals surface area contributed by atoms with E-state index in [1.807, 2.05) is 29.0 Å². The molecule has 0 radical (unpaired) electrons. The maximum absolute atomic E-state index is 15.7. The Labute approximate surface area is 204 Å². The molecule has 0 aliphatic heterocycles. The Morgan fingerprint density at radius 3 is 2.49 bits per heavy atom. The third kappa shape index (κ3) is 4.48. The molecule has 0 fully saturated rings. The van der Waals surface area contributed by atoms with Crippen LogP contribution in [0.1, 0.15) is 46.8 Å². The Bertz CT molecular complexity index is 1550. The first-order chi connectivity index (χ1) is 16.7. The second-order valence-electron chi connectivity index (χ2n) is 9.20. The van der Waals surface area contributed by atoms with Crippen LogP contribution in [0, 0.1) is 5.82 Å². The topological polar surface area (TPSA) is 79.0 Å². The van der Waals surface area contributed by atoms with E-state index in [9.17, 15) is 13.2 Å². The van der Waals surface area contributed by atoms with Gasteiger partial charge >= 0.3 is 0 Å². The van der Waals surface area contributed by atoms with Crippen LogP contribution in [0.25, 0.3) is 33.3 Å². The summed E-state index contributed by atoms with van der Waals surface area (Å²) in [6.45, 7) is 2.17. The van der Waals surface area contributed by atoms with Crippen molar-refractivity contribution in [2.45, 2.75) is 39.0 Å². The van der Waals surface area contributed by atoms with Crippen LogP contribution in [0.4, 0.5) is 4.39 Å². The van der Waals surface area contributed by atoms with E-state index >= 15 is 4.39 Å². The molecule has 7 heteroatoms. The van der Waals surface area contributed by atoms with Crippen LogP contribution < -0.4 is 4.72 Å². The molecule has 0 atom stereocenters. The van der Waals surface area contributed by atoms with Gasteiger partial charge in [0.05, 0.1) is 17.5 Å². The molecule has 5 rings (SSSR count). The van der Waals surface area contributed by atoms with E-state index in [0.29, 0.717) is 23.9 Å². The molecule has 3 aromatic carbocycles. The summed E-state index contributed by atoms with van der Waals surface area (Å²) in [6, 6.07) is 17.0. The molecule has 0 saturated carbocycles. The Morgan fingerprint density at radius 2 is 1.77 bits per heavy atom. The first-order valence-corrected chi connectivity index (χ1v) is 13.7. The van der Waals surface area contributed by atoms with Gasteiger partial charge in [0.25, 0.3) is 5.91 Å². The number of halogens is 1. The smallest absolute Gasteiger partial charge is 0.264 e. The number of rotatable bonds is 6. The van der Waals surface area contributed by atoms with Crippen LogP contribution in [-0.2, 0) is 29.3 Å². The third-order valence-electron chi connectivity index (χ3n) is 6.66. The van der Waals surface area contributed by atoms with Gasteiger partial charge in [-0.05, 0) is 60.1 Å². The number of sulfonamides is 1. The summed E-state index contributed by atoms with van der Waals surface area (Å²) in [5, 5.41) is 0.866. The minimum absolute atomic E-state index is 0.274. The van der Waals surface area contributed by atoms with Crippen molar-refractivity contribution in [2.24, 2.45) is 0 Å². The highest BCUT2D eigenvalue weighted by Gasteiger charge is 2.24. The van der Waals surface area contributed by atoms with Crippen molar-refractivity contribution < 1.29 is 17.6 Å². The van der Waals surface area contributed by atoms with Gasteiger partial charge in [0.15, 0.2) is 5.82 Å². The van der Waals surface area contributed by atoms with Crippen molar-refractivity contribution in [1.29, 1.82) is 0 Å². The summed E-state index contributed by atoms with van der Waals surface area (Å²) in [5.74, 6) is -0.932. The van der Waals surface area contributed by atoms with Crippen LogP contribution in [0.15, 0.2) is 54.6 Å². The fraction of sp³-hybridized carbons (Fsp3) is 0.250. The zero-order chi connectivity index (χ0) is 24.7. The third-order valence-corrected chi connectivity index (χ3v) is 7.22. The van der Waals surface area contributed by atoms with Crippen LogP contribution in [0.2, 0.25) is 0 Å². The molecule has 4 aromatic rings. The average Bonchev–Trinajstić information content (AvgIpc) is 3.22. The number of carbonyl (C=O) groups excluding carboxylic acids is 1. The SMILES string of the molecule is CCCCc1ccc(-c2ccc3c4c([nH]c3c2F)-c2ccc(C(=O)NS(C)(=O)=O)cc2CC4)cc1. The number of nitrogens with one attached hydrogen (secondary N) is 2. The molecular weight excluding hydrogens is 463 g/mol. The lowest BCUT2D eigenvalue weighted by atomic mass is 9.87. The highest BCUT2D eigenvalue weighted by molar-refractivity contribution is 7.89. The van der Waals surface area contributed by atoms with E-state index in [1.54, 1.807) is 18.2 Å². The summed E-state index contributed by atoms with van der Waals surface area (Å²) < 4.78 is 40.5. The molecule has 35 heavy (non-hydrogen) atoms. The number of aromatic amines is 1. The van der Waals surface area contributed by atoms with Crippen LogP contribution in [-0.4, -0.2) is 25.6 Å². The monoisotopic (exact) mass is 490 g/mol. The largest absolute Gasteiger partial charge is 0.352 e. The number of benzene rings is 3. The van der Waals surface area contributed by atoms with E-state index in [4.69, 9.17) is 0 Å². The number of H-pyrrole nitrogens is 1. The van der Waals surface area contributed by atoms with Crippen molar-refractivity contribution in [3.63, 3.8) is 0 Å². The highest BCUT2D eigenvalue weighted by Crippen LogP contribution is 2.40. The standard InChI is InChI=1S/C28H27FN2O3S/c1-3-4-5-17-6-8-18(9-7-17)21-14-15-24-23-13-10-19-16-20(28(32)31-35(2,33)34)11-12-22(19)26(23)30-27(24)25(21)29/h6-9,11-12,14-16,30H,3-5,10,13H2,1-2H3,(H,31,32). The number of hydrogen-bond donors (Lipinski definition) is 2. The highest BCUT2D eigenvalue weighted by atomic mass is 32.2. The second kappa shape index (κ2) is 8.96. The number of aryl methyl sites for hydroxylation is 3. The summed E-state index contributed by atoms with van der Waals surface area (Å²) in [6.07, 6.45) is 5.63. The Morgan fingerprint density at radius 1 is 1.03 bits per heavy atom. The summed E-state index contributed by atoms with van der Waals surface area (Å²) in [7, 11) is -3.64. The number of carbonyl (C=O) groups is 1. The Balaban J connectivity index is 1.51. The van der Waals surface area contributed by atoms with E-state index in [0.717, 1.165) is 58.9 Å². The molecule has 1 aliphatic carbocycles. The van der Waals surface area contributed by atoms with Gasteiger partial charge in [-0.25, -0.2) is 17.5 Å². The van der Waals surface area contributed by atoms with Crippen molar-refractivity contribution in [1.82, 2.24) is 9.71 Å². The number of amides is 1. The van der Waals surface area contributed by atoms with Gasteiger partial charge in [-0.2, -0.15) is 0 Å². The van der Waals surface area contributed by atoms with Gasteiger partial charge < -0.3 is 4.98 Å². The summed E-state index contributed by atoms with van der Waals surface area (Å²) in [5.41, 5.74) is 7.16. The number of unbranched alkanes of at least 4 members (excludes halogenated alkanes) is 1. The van der Waals surface area contributed by atoms with Gasteiger partial charge in [-0.3, -0.25) is 4.79 Å². The fourth-order valence-electron chi connectivity index (χ4n) is 4.90. The molecule has 1 aromatic heterocycles. The average molecular weight is 491 g/mol. The Hall–Kier alpha value is -3.45. The summed E-state index contributed by atoms with van der Waals surface area (Å²) >= 11 is 0. The minimum Gasteiger partial charge on any atom is -0.352 e. The van der Waals surface area contributed by atoms with E-state index in [2.05, 4.69) is 24.0 Å². The lowest BCUT2D eigenvalue weighted by Crippen LogP contribution is -2.29. The quantitative estimate of drug-likeness (QED) is 0.360. The molecule has 5 nitrogen and oxygen atoms in total. The molecule has 2 N–H and O–H groups in total. The van der Waals surface area contributed by atoms with Crippen LogP contribution in [0.5, 0.6) is 0 Å². The van der Waals surface area contributed by atoms with Crippen LogP contribution in [0.3, 0.4) is 0 Å². The summed E-state index contributed by atoms with van der Waals surface area (Å²) in [4.78, 5) is 15.6. The van der Waals surface area contributed by atoms with Crippen molar-refractivity contribution in [3.05, 3.63) is 82.7 Å². The molecule has 180 valence electrons. The van der Waals surface area contributed by atoms with Gasteiger partial charge in [0, 0.05) is 22.1 Å². The van der Waals surface area contributed by atoms with Gasteiger partial charge in [0.1, 0.15) is 0 Å². The molecule has 0 unspecified atom stereocenters. The number of fused-ring (bicyclic) bond motifs is 5. The lowest BCUT2D eigenvalue weighted by molar-refractivity contribution is 0.0981. The van der Waals surface area contributed by atoms with E-state index < -0.39 is 15.9 Å². The maximum Gasteiger partial charge on any atom is 0.264 e. The number of hydrogen-bond acceptors (Lipinski definition) is 3. The Kier molecular flexibility index (Phi) is 5.97. The normalized spacial score (nSPS) is 12.9. The zero-order valence-electron chi connectivity index (χ0n) is 19.7. The second-order valence-corrected chi connectivity index (χ2v) is 11.0. The molecule has 0 saturated heterocycles. The van der Waals surface area contributed by atoms with Crippen molar-refractivity contribution in [2.75, 3.05) is 6.26 Å². The predicted octanol–water partition coefficient (Wildman–Crippen LogP) is 5.77. The van der Waals surface area contributed by atoms with Gasteiger partial charge in [-0.15, -0.1) is 0 Å². The molecule has 0 bridgehead atoms. The fourth-order valence-corrected chi connectivity index (χ4v) is 5.36. The number of aromatic nitrogens is 1. The zero-order valence-corrected chi connectivity index (χ0v) is 20.6. The first kappa shape index (κ1) is 23.3. The van der Waals surface area contributed by atoms with Crippen LogP contribution >= 0.6 is 0 Å². The molecule has 1 heterocycles. The van der Waals surface area contributed by atoms with E-state index in [1.165, 1.54) is 5.56 Å². The van der Waals surface area contributed by atoms with E-state index in [-0.39, 0.29) is 11.4 Å². The minimum atomic E-state index is -3.64. The molecular formula is C28H27FN2O3S. The first-order valence-electron chi connectivity index (χ1n) is 11.8. The molecule has 1 aliphatic rings. The van der Waals surface area contributed by atoms with Crippen molar-refractivity contribution in [3.8, 4) is 22.4 Å². The molecule has 0 spiro atoms. The lowest BCUT2D eigenvalue weighted by Gasteiger charge is -2.17. The van der Waals surface area contributed by atoms with Crippen molar-refractivity contribution >= 4 is 26.8 Å².